The molecule has 0 aromatic heterocycles. The van der Waals surface area contributed by atoms with E-state index in [-0.39, 0.29) is 17.1 Å². The van der Waals surface area contributed by atoms with Crippen molar-refractivity contribution in [2.75, 3.05) is 5.32 Å². The average Bonchev–Trinajstić information content (AvgIpc) is 2.41. The number of rotatable bonds is 4. The van der Waals surface area contributed by atoms with E-state index in [1.807, 2.05) is 20.8 Å². The summed E-state index contributed by atoms with van der Waals surface area (Å²) in [6.07, 6.45) is 0. The molecule has 0 aliphatic heterocycles. The molecule has 2 aromatic rings. The van der Waals surface area contributed by atoms with Crippen LogP contribution in [-0.2, 0) is 0 Å². The summed E-state index contributed by atoms with van der Waals surface area (Å²) in [6, 6.07) is 10.9. The summed E-state index contributed by atoms with van der Waals surface area (Å²) in [6.45, 7) is 5.77. The van der Waals surface area contributed by atoms with Crippen molar-refractivity contribution >= 4 is 17.1 Å². The highest BCUT2D eigenvalue weighted by Crippen LogP contribution is 2.33. The van der Waals surface area contributed by atoms with Crippen molar-refractivity contribution in [1.29, 1.82) is 0 Å². The number of benzene rings is 2. The molecule has 0 atom stereocenters. The van der Waals surface area contributed by atoms with Gasteiger partial charge in [0, 0.05) is 11.8 Å². The molecule has 2 aromatic carbocycles. The van der Waals surface area contributed by atoms with Crippen molar-refractivity contribution in [3.05, 3.63) is 53.2 Å². The summed E-state index contributed by atoms with van der Waals surface area (Å²) in [5.74, 6) is 0.255. The van der Waals surface area contributed by atoms with Gasteiger partial charge in [0.05, 0.1) is 5.69 Å². The van der Waals surface area contributed by atoms with E-state index in [2.05, 4.69) is 10.5 Å². The topological polar surface area (TPSA) is 50.7 Å². The Morgan fingerprint density at radius 3 is 2.33 bits per heavy atom. The van der Waals surface area contributed by atoms with Crippen molar-refractivity contribution in [1.82, 2.24) is 0 Å². The van der Waals surface area contributed by atoms with Gasteiger partial charge >= 0.3 is 0 Å². The van der Waals surface area contributed by atoms with Crippen LogP contribution >= 0.6 is 0 Å². The highest BCUT2D eigenvalue weighted by Gasteiger charge is 2.13. The molecule has 5 heteroatoms. The molecule has 0 aliphatic rings. The van der Waals surface area contributed by atoms with E-state index in [9.17, 15) is 9.30 Å². The lowest BCUT2D eigenvalue weighted by atomic mass is 10.2. The Morgan fingerprint density at radius 1 is 1.10 bits per heavy atom. The van der Waals surface area contributed by atoms with Crippen molar-refractivity contribution < 1.29 is 9.13 Å². The minimum atomic E-state index is -0.355. The summed E-state index contributed by atoms with van der Waals surface area (Å²) >= 11 is 0. The van der Waals surface area contributed by atoms with Crippen LogP contribution in [0.25, 0.3) is 0 Å². The Balaban J connectivity index is 2.24. The van der Waals surface area contributed by atoms with Gasteiger partial charge in [0.2, 0.25) is 0 Å². The van der Waals surface area contributed by atoms with E-state index < -0.39 is 0 Å². The van der Waals surface area contributed by atoms with Gasteiger partial charge in [-0.15, -0.1) is 4.91 Å². The first-order chi connectivity index (χ1) is 9.87. The number of nitrogens with one attached hydrogen (secondary N) is 1. The second-order valence-electron chi connectivity index (χ2n) is 5.62. The Kier molecular flexibility index (Phi) is 4.21. The number of hydrogen-bond donors (Lipinski definition) is 1. The summed E-state index contributed by atoms with van der Waals surface area (Å²) in [5, 5.41) is 6.03. The Labute approximate surface area is 122 Å². The Bertz CT molecular complexity index is 634. The van der Waals surface area contributed by atoms with E-state index in [0.717, 1.165) is 0 Å². The predicted octanol–water partition coefficient (Wildman–Crippen LogP) is 5.14. The van der Waals surface area contributed by atoms with E-state index in [0.29, 0.717) is 17.1 Å². The smallest absolute Gasteiger partial charge is 0.135 e. The number of anilines is 2. The van der Waals surface area contributed by atoms with Gasteiger partial charge < -0.3 is 10.1 Å². The molecular formula is C16H17FN2O2. The van der Waals surface area contributed by atoms with Crippen LogP contribution in [0.4, 0.5) is 21.5 Å². The molecule has 0 fully saturated rings. The van der Waals surface area contributed by atoms with Crippen LogP contribution in [0.5, 0.6) is 5.75 Å². The zero-order chi connectivity index (χ0) is 15.5. The van der Waals surface area contributed by atoms with Crippen LogP contribution in [0.15, 0.2) is 47.6 Å². The fourth-order valence-electron chi connectivity index (χ4n) is 1.80. The lowest BCUT2D eigenvalue weighted by Crippen LogP contribution is -2.22. The standard InChI is InChI=1S/C16H17FN2O2/c1-16(2,3)21-13-8-9-14(15(10-13)19-20)18-12-6-4-11(17)5-7-12/h4-10,18H,1-3H3. The molecule has 110 valence electrons. The lowest BCUT2D eigenvalue weighted by molar-refractivity contribution is 0.131. The van der Waals surface area contributed by atoms with Crippen molar-refractivity contribution in [3.63, 3.8) is 0 Å². The summed E-state index contributed by atoms with van der Waals surface area (Å²) in [5.41, 5.74) is 1.09. The highest BCUT2D eigenvalue weighted by atomic mass is 19.1. The normalized spacial score (nSPS) is 11.0. The van der Waals surface area contributed by atoms with E-state index in [1.54, 1.807) is 30.3 Å². The molecule has 0 radical (unpaired) electrons. The molecule has 0 amide bonds. The van der Waals surface area contributed by atoms with Crippen molar-refractivity contribution in [2.45, 2.75) is 26.4 Å². The maximum absolute atomic E-state index is 12.9. The van der Waals surface area contributed by atoms with Crippen molar-refractivity contribution in [2.24, 2.45) is 5.18 Å². The second-order valence-corrected chi connectivity index (χ2v) is 5.62. The van der Waals surface area contributed by atoms with Gasteiger partial charge in [0.25, 0.3) is 0 Å². The van der Waals surface area contributed by atoms with Gasteiger partial charge in [-0.25, -0.2) is 4.39 Å². The molecular weight excluding hydrogens is 271 g/mol. The van der Waals surface area contributed by atoms with Gasteiger partial charge in [-0.1, -0.05) is 0 Å². The minimum Gasteiger partial charge on any atom is -0.488 e. The van der Waals surface area contributed by atoms with Gasteiger partial charge in [-0.2, -0.15) is 0 Å². The molecule has 4 nitrogen and oxygen atoms in total. The predicted molar refractivity (Wildman–Crippen MR) is 82.0 cm³/mol. The number of ether oxygens (including phenoxy) is 1. The zero-order valence-electron chi connectivity index (χ0n) is 12.2. The van der Waals surface area contributed by atoms with Crippen LogP contribution in [0.1, 0.15) is 20.8 Å². The summed E-state index contributed by atoms with van der Waals surface area (Å²) < 4.78 is 18.6. The van der Waals surface area contributed by atoms with Crippen LogP contribution in [0, 0.1) is 10.7 Å². The SMILES string of the molecule is CC(C)(C)Oc1ccc(Nc2ccc(F)cc2)c(N=O)c1. The average molecular weight is 288 g/mol. The number of hydrogen-bond acceptors (Lipinski definition) is 4. The largest absolute Gasteiger partial charge is 0.488 e. The summed E-state index contributed by atoms with van der Waals surface area (Å²) in [4.78, 5) is 11.0. The minimum absolute atomic E-state index is 0.237. The molecule has 1 N–H and O–H groups in total. The first kappa shape index (κ1) is 15.0. The molecule has 21 heavy (non-hydrogen) atoms. The van der Waals surface area contributed by atoms with Crippen LogP contribution in [-0.4, -0.2) is 5.60 Å². The molecule has 0 saturated carbocycles. The summed E-state index contributed by atoms with van der Waals surface area (Å²) in [7, 11) is 0. The third-order valence-corrected chi connectivity index (χ3v) is 2.61. The van der Waals surface area contributed by atoms with E-state index in [4.69, 9.17) is 4.74 Å². The lowest BCUT2D eigenvalue weighted by Gasteiger charge is -2.21. The van der Waals surface area contributed by atoms with Crippen LogP contribution < -0.4 is 10.1 Å². The maximum Gasteiger partial charge on any atom is 0.135 e. The van der Waals surface area contributed by atoms with E-state index >= 15 is 0 Å². The quantitative estimate of drug-likeness (QED) is 0.792. The van der Waals surface area contributed by atoms with Crippen LogP contribution in [0.3, 0.4) is 0 Å². The van der Waals surface area contributed by atoms with E-state index in [1.165, 1.54) is 12.1 Å². The first-order valence-electron chi connectivity index (χ1n) is 6.56. The number of nitrogens with zero attached hydrogens (tertiary/aromatic N) is 1. The maximum atomic E-state index is 12.9. The Morgan fingerprint density at radius 2 is 1.76 bits per heavy atom. The molecule has 2 rings (SSSR count). The third kappa shape index (κ3) is 4.27. The molecule has 0 bridgehead atoms. The molecule has 0 heterocycles. The van der Waals surface area contributed by atoms with Crippen LogP contribution in [0.2, 0.25) is 0 Å². The monoisotopic (exact) mass is 288 g/mol. The van der Waals surface area contributed by atoms with Gasteiger partial charge in [-0.05, 0) is 62.3 Å². The number of halogens is 1. The molecule has 0 aliphatic carbocycles. The highest BCUT2D eigenvalue weighted by molar-refractivity contribution is 5.73. The fraction of sp³-hybridized carbons (Fsp3) is 0.250. The molecule has 0 spiro atoms. The van der Waals surface area contributed by atoms with Crippen molar-refractivity contribution in [3.8, 4) is 5.75 Å². The first-order valence-corrected chi connectivity index (χ1v) is 6.56. The third-order valence-electron chi connectivity index (χ3n) is 2.61. The van der Waals surface area contributed by atoms with Gasteiger partial charge in [0.1, 0.15) is 22.9 Å². The van der Waals surface area contributed by atoms with Gasteiger partial charge in [-0.3, -0.25) is 0 Å². The number of nitroso groups, excluding NO2 is 1. The molecule has 0 saturated heterocycles. The Hall–Kier alpha value is -2.43. The fourth-order valence-corrected chi connectivity index (χ4v) is 1.80. The molecule has 0 unspecified atom stereocenters. The zero-order valence-corrected chi connectivity index (χ0v) is 12.2. The van der Waals surface area contributed by atoms with Gasteiger partial charge in [0.15, 0.2) is 0 Å². The second kappa shape index (κ2) is 5.91.